The third-order valence-corrected chi connectivity index (χ3v) is 7.17. The molecule has 2 saturated carbocycles. The van der Waals surface area contributed by atoms with E-state index in [1.807, 2.05) is 13.8 Å². The van der Waals surface area contributed by atoms with Gasteiger partial charge in [-0.1, -0.05) is 18.9 Å². The summed E-state index contributed by atoms with van der Waals surface area (Å²) >= 11 is 0. The van der Waals surface area contributed by atoms with Crippen LogP contribution in [-0.2, 0) is 26.9 Å². The third-order valence-electron chi connectivity index (χ3n) is 6.34. The minimum Gasteiger partial charge on any atom is -0.378 e. The highest BCUT2D eigenvalue weighted by atomic mass is 127. The molecule has 6 nitrogen and oxygen atoms in total. The van der Waals surface area contributed by atoms with Gasteiger partial charge in [0, 0.05) is 30.9 Å². The molecule has 2 atom stereocenters. The van der Waals surface area contributed by atoms with E-state index in [-0.39, 0.29) is 47.5 Å². The number of nitrogens with one attached hydrogen (secondary N) is 2. The summed E-state index contributed by atoms with van der Waals surface area (Å²) in [5.41, 5.74) is 1.35. The van der Waals surface area contributed by atoms with E-state index in [0.29, 0.717) is 35.8 Å². The van der Waals surface area contributed by atoms with Gasteiger partial charge in [0.05, 0.1) is 18.4 Å². The van der Waals surface area contributed by atoms with Crippen molar-refractivity contribution in [2.45, 2.75) is 70.4 Å². The van der Waals surface area contributed by atoms with E-state index in [0.717, 1.165) is 25.9 Å². The summed E-state index contributed by atoms with van der Waals surface area (Å²) in [4.78, 5) is 4.66. The summed E-state index contributed by atoms with van der Waals surface area (Å²) in [6, 6.07) is 4.51. The molecule has 0 aliphatic heterocycles. The number of nitrogens with zero attached hydrogens (tertiary/aromatic N) is 1. The number of aliphatic imine (C=N–C) groups is 1. The van der Waals surface area contributed by atoms with Crippen LogP contribution in [0.5, 0.6) is 0 Å². The molecular weight excluding hydrogens is 532 g/mol. The smallest absolute Gasteiger partial charge is 0.191 e. The Labute approximate surface area is 202 Å². The molecule has 2 N–H and O–H groups in total. The molecule has 1 spiro atoms. The lowest BCUT2D eigenvalue weighted by atomic mass is 9.60. The van der Waals surface area contributed by atoms with Crippen molar-refractivity contribution < 1.29 is 17.5 Å². The van der Waals surface area contributed by atoms with Gasteiger partial charge in [-0.3, -0.25) is 0 Å². The van der Waals surface area contributed by atoms with Crippen LogP contribution in [-0.4, -0.2) is 45.9 Å². The highest BCUT2D eigenvalue weighted by Gasteiger charge is 2.56. The Morgan fingerprint density at radius 2 is 1.97 bits per heavy atom. The third kappa shape index (κ3) is 6.54. The summed E-state index contributed by atoms with van der Waals surface area (Å²) in [6.07, 6.45) is 7.23. The van der Waals surface area contributed by atoms with E-state index >= 15 is 0 Å². The lowest BCUT2D eigenvalue weighted by Gasteiger charge is -2.54. The van der Waals surface area contributed by atoms with Gasteiger partial charge in [-0.15, -0.1) is 24.0 Å². The first-order valence-corrected chi connectivity index (χ1v) is 12.9. The van der Waals surface area contributed by atoms with Gasteiger partial charge in [-0.05, 0) is 56.4 Å². The number of hydrogen-bond acceptors (Lipinski definition) is 4. The van der Waals surface area contributed by atoms with Crippen molar-refractivity contribution in [2.24, 2.45) is 10.4 Å². The fourth-order valence-electron chi connectivity index (χ4n) is 4.90. The predicted molar refractivity (Wildman–Crippen MR) is 133 cm³/mol. The standard InChI is InChI=1S/C22H34FN3O3S.HI/c1-4-24-21(26-19-13-20(29-5-2)22(19)10-6-7-11-22)25-14-17-12-18(23)9-8-16(17)15-30(3,27)28;/h8-9,12,19-20H,4-7,10-11,13-15H2,1-3H3,(H2,24,25,26);1H. The van der Waals surface area contributed by atoms with E-state index in [4.69, 9.17) is 4.74 Å². The highest BCUT2D eigenvalue weighted by Crippen LogP contribution is 2.54. The molecule has 3 rings (SSSR count). The number of benzene rings is 1. The summed E-state index contributed by atoms with van der Waals surface area (Å²) in [6.45, 7) is 5.70. The molecule has 0 saturated heterocycles. The zero-order chi connectivity index (χ0) is 21.8. The zero-order valence-corrected chi connectivity index (χ0v) is 21.8. The van der Waals surface area contributed by atoms with Crippen LogP contribution in [0.4, 0.5) is 4.39 Å². The number of rotatable bonds is 8. The summed E-state index contributed by atoms with van der Waals surface area (Å²) < 4.78 is 43.3. The molecule has 1 aromatic rings. The average molecular weight is 568 g/mol. The molecule has 0 bridgehead atoms. The minimum atomic E-state index is -3.22. The second-order valence-electron chi connectivity index (χ2n) is 8.50. The Bertz CT molecular complexity index is 873. The van der Waals surface area contributed by atoms with Crippen LogP contribution in [0.25, 0.3) is 0 Å². The molecular formula is C22H35FIN3O3S. The molecule has 0 heterocycles. The molecule has 0 radical (unpaired) electrons. The quantitative estimate of drug-likeness (QED) is 0.284. The maximum atomic E-state index is 13.8. The SMILES string of the molecule is CCNC(=NCc1cc(F)ccc1CS(C)(=O)=O)NC1CC(OCC)C12CCCC2.I. The van der Waals surface area contributed by atoms with Gasteiger partial charge in [-0.25, -0.2) is 17.8 Å². The average Bonchev–Trinajstić information content (AvgIpc) is 3.19. The number of ether oxygens (including phenoxy) is 1. The Kier molecular flexibility index (Phi) is 9.57. The molecule has 0 aromatic heterocycles. The number of guanidine groups is 1. The van der Waals surface area contributed by atoms with Gasteiger partial charge in [0.25, 0.3) is 0 Å². The summed E-state index contributed by atoms with van der Waals surface area (Å²) in [5, 5.41) is 6.85. The maximum Gasteiger partial charge on any atom is 0.191 e. The molecule has 2 fully saturated rings. The van der Waals surface area contributed by atoms with Gasteiger partial charge in [0.15, 0.2) is 15.8 Å². The van der Waals surface area contributed by atoms with Gasteiger partial charge in [0.2, 0.25) is 0 Å². The van der Waals surface area contributed by atoms with Gasteiger partial charge in [-0.2, -0.15) is 0 Å². The van der Waals surface area contributed by atoms with Crippen LogP contribution in [0, 0.1) is 11.2 Å². The maximum absolute atomic E-state index is 13.8. The predicted octanol–water partition coefficient (Wildman–Crippen LogP) is 3.78. The highest BCUT2D eigenvalue weighted by molar-refractivity contribution is 14.0. The van der Waals surface area contributed by atoms with Crippen molar-refractivity contribution in [1.29, 1.82) is 0 Å². The Balaban J connectivity index is 0.00000341. The van der Waals surface area contributed by atoms with Crippen molar-refractivity contribution >= 4 is 39.8 Å². The Hall–Kier alpha value is -0.940. The topological polar surface area (TPSA) is 79.8 Å². The van der Waals surface area contributed by atoms with E-state index in [2.05, 4.69) is 15.6 Å². The first kappa shape index (κ1) is 26.3. The molecule has 176 valence electrons. The molecule has 1 aromatic carbocycles. The Morgan fingerprint density at radius 3 is 2.58 bits per heavy atom. The van der Waals surface area contributed by atoms with E-state index in [1.54, 1.807) is 0 Å². The molecule has 2 aliphatic rings. The van der Waals surface area contributed by atoms with Crippen molar-refractivity contribution in [3.05, 3.63) is 35.1 Å². The summed E-state index contributed by atoms with van der Waals surface area (Å²) in [5.74, 6) is 0.168. The lowest BCUT2D eigenvalue weighted by molar-refractivity contribution is -0.125. The Morgan fingerprint density at radius 1 is 1.26 bits per heavy atom. The molecule has 0 amide bonds. The van der Waals surface area contributed by atoms with E-state index < -0.39 is 9.84 Å². The molecule has 31 heavy (non-hydrogen) atoms. The normalized spacial score (nSPS) is 22.6. The van der Waals surface area contributed by atoms with Crippen LogP contribution < -0.4 is 10.6 Å². The van der Waals surface area contributed by atoms with Crippen molar-refractivity contribution in [3.8, 4) is 0 Å². The monoisotopic (exact) mass is 567 g/mol. The summed E-state index contributed by atoms with van der Waals surface area (Å²) in [7, 11) is -3.22. The van der Waals surface area contributed by atoms with Crippen LogP contribution >= 0.6 is 24.0 Å². The van der Waals surface area contributed by atoms with Crippen LogP contribution in [0.15, 0.2) is 23.2 Å². The number of hydrogen-bond donors (Lipinski definition) is 2. The fraction of sp³-hybridized carbons (Fsp3) is 0.682. The minimum absolute atomic E-state index is 0. The lowest BCUT2D eigenvalue weighted by Crippen LogP contribution is -2.65. The van der Waals surface area contributed by atoms with Gasteiger partial charge >= 0.3 is 0 Å². The molecule has 9 heteroatoms. The van der Waals surface area contributed by atoms with Crippen LogP contribution in [0.1, 0.15) is 57.1 Å². The van der Waals surface area contributed by atoms with Crippen molar-refractivity contribution in [2.75, 3.05) is 19.4 Å². The largest absolute Gasteiger partial charge is 0.378 e. The zero-order valence-electron chi connectivity index (χ0n) is 18.6. The number of halogens is 2. The van der Waals surface area contributed by atoms with Gasteiger partial charge < -0.3 is 15.4 Å². The van der Waals surface area contributed by atoms with Crippen molar-refractivity contribution in [3.63, 3.8) is 0 Å². The number of sulfone groups is 1. The van der Waals surface area contributed by atoms with Crippen LogP contribution in [0.3, 0.4) is 0 Å². The van der Waals surface area contributed by atoms with Crippen LogP contribution in [0.2, 0.25) is 0 Å². The molecule has 2 aliphatic carbocycles. The van der Waals surface area contributed by atoms with E-state index in [9.17, 15) is 12.8 Å². The van der Waals surface area contributed by atoms with E-state index in [1.165, 1.54) is 37.3 Å². The van der Waals surface area contributed by atoms with Gasteiger partial charge in [0.1, 0.15) is 5.82 Å². The van der Waals surface area contributed by atoms with Crippen molar-refractivity contribution in [1.82, 2.24) is 10.6 Å². The second-order valence-corrected chi connectivity index (χ2v) is 10.6. The first-order valence-electron chi connectivity index (χ1n) is 10.9. The second kappa shape index (κ2) is 11.3. The fourth-order valence-corrected chi connectivity index (χ4v) is 5.75. The molecule has 2 unspecified atom stereocenters. The first-order chi connectivity index (χ1) is 14.3.